The van der Waals surface area contributed by atoms with Crippen LogP contribution in [0.5, 0.6) is 0 Å². The Bertz CT molecular complexity index is 309. The summed E-state index contributed by atoms with van der Waals surface area (Å²) in [5.41, 5.74) is 1.34. The van der Waals surface area contributed by atoms with Crippen LogP contribution in [0.2, 0.25) is 0 Å². The van der Waals surface area contributed by atoms with E-state index >= 15 is 0 Å². The minimum absolute atomic E-state index is 0.0860. The predicted molar refractivity (Wildman–Crippen MR) is 51.8 cm³/mol. The van der Waals surface area contributed by atoms with Gasteiger partial charge in [-0.1, -0.05) is 0 Å². The zero-order valence-corrected chi connectivity index (χ0v) is 8.03. The third-order valence-electron chi connectivity index (χ3n) is 1.67. The molecule has 0 spiro atoms. The van der Waals surface area contributed by atoms with E-state index in [0.717, 1.165) is 5.69 Å². The molecule has 70 valence electrons. The van der Waals surface area contributed by atoms with Crippen molar-refractivity contribution < 1.29 is 4.79 Å². The lowest BCUT2D eigenvalue weighted by molar-refractivity contribution is 0.0822. The molecule has 0 bridgehead atoms. The molecule has 1 amide bonds. The summed E-state index contributed by atoms with van der Waals surface area (Å²) in [4.78, 5) is 16.9. The van der Waals surface area contributed by atoms with E-state index in [2.05, 4.69) is 10.3 Å². The maximum Gasteiger partial charge on any atom is 0.272 e. The molecular formula is C9H13N3O. The number of carbonyl (C=O) groups excluding carboxylic acids is 1. The van der Waals surface area contributed by atoms with Gasteiger partial charge in [-0.15, -0.1) is 0 Å². The maximum absolute atomic E-state index is 11.4. The number of amides is 1. The van der Waals surface area contributed by atoms with Crippen molar-refractivity contribution in [3.05, 3.63) is 24.0 Å². The van der Waals surface area contributed by atoms with Crippen LogP contribution < -0.4 is 5.32 Å². The Balaban J connectivity index is 2.95. The van der Waals surface area contributed by atoms with E-state index < -0.39 is 0 Å². The first kappa shape index (κ1) is 9.51. The van der Waals surface area contributed by atoms with Crippen LogP contribution in [0.4, 0.5) is 5.69 Å². The Morgan fingerprint density at radius 1 is 1.54 bits per heavy atom. The lowest BCUT2D eigenvalue weighted by atomic mass is 10.3. The first-order valence-corrected chi connectivity index (χ1v) is 4.00. The molecule has 0 saturated heterocycles. The largest absolute Gasteiger partial charge is 0.388 e. The lowest BCUT2D eigenvalue weighted by Gasteiger charge is -2.09. The Hall–Kier alpha value is -1.58. The minimum atomic E-state index is -0.0860. The first-order valence-electron chi connectivity index (χ1n) is 4.00. The van der Waals surface area contributed by atoms with Gasteiger partial charge in [0.1, 0.15) is 5.69 Å². The van der Waals surface area contributed by atoms with Crippen LogP contribution >= 0.6 is 0 Å². The molecule has 13 heavy (non-hydrogen) atoms. The smallest absolute Gasteiger partial charge is 0.272 e. The monoisotopic (exact) mass is 179 g/mol. The molecule has 1 aromatic heterocycles. The molecule has 0 aliphatic carbocycles. The van der Waals surface area contributed by atoms with E-state index in [-0.39, 0.29) is 5.91 Å². The molecule has 0 aromatic carbocycles. The van der Waals surface area contributed by atoms with Crippen LogP contribution in [0, 0.1) is 0 Å². The Morgan fingerprint density at radius 3 is 2.77 bits per heavy atom. The molecule has 0 fully saturated rings. The van der Waals surface area contributed by atoms with Crippen molar-refractivity contribution in [1.29, 1.82) is 0 Å². The Morgan fingerprint density at radius 2 is 2.23 bits per heavy atom. The summed E-state index contributed by atoms with van der Waals surface area (Å²) in [6.07, 6.45) is 1.61. The highest BCUT2D eigenvalue weighted by Gasteiger charge is 2.08. The van der Waals surface area contributed by atoms with Gasteiger partial charge >= 0.3 is 0 Å². The second-order valence-electron chi connectivity index (χ2n) is 2.88. The highest BCUT2D eigenvalue weighted by atomic mass is 16.2. The number of nitrogens with one attached hydrogen (secondary N) is 1. The van der Waals surface area contributed by atoms with Gasteiger partial charge in [-0.05, 0) is 12.1 Å². The molecule has 4 nitrogen and oxygen atoms in total. The van der Waals surface area contributed by atoms with Crippen molar-refractivity contribution >= 4 is 11.6 Å². The number of hydrogen-bond acceptors (Lipinski definition) is 3. The average molecular weight is 179 g/mol. The summed E-state index contributed by atoms with van der Waals surface area (Å²) in [6.45, 7) is 0. The fraction of sp³-hybridized carbons (Fsp3) is 0.333. The number of pyridine rings is 1. The number of anilines is 1. The van der Waals surface area contributed by atoms with Crippen LogP contribution in [0.1, 0.15) is 10.5 Å². The Labute approximate surface area is 77.6 Å². The summed E-state index contributed by atoms with van der Waals surface area (Å²) in [7, 11) is 5.21. The van der Waals surface area contributed by atoms with Crippen LogP contribution in [-0.4, -0.2) is 36.9 Å². The lowest BCUT2D eigenvalue weighted by Crippen LogP contribution is -2.22. The molecule has 1 rings (SSSR count). The van der Waals surface area contributed by atoms with Crippen LogP contribution in [0.3, 0.4) is 0 Å². The third kappa shape index (κ3) is 2.18. The van der Waals surface area contributed by atoms with Gasteiger partial charge in [0.05, 0.1) is 0 Å². The molecule has 0 saturated carbocycles. The van der Waals surface area contributed by atoms with Gasteiger partial charge in [0, 0.05) is 33.0 Å². The fourth-order valence-electron chi connectivity index (χ4n) is 0.932. The van der Waals surface area contributed by atoms with Crippen LogP contribution in [0.25, 0.3) is 0 Å². The number of nitrogens with zero attached hydrogens (tertiary/aromatic N) is 2. The third-order valence-corrected chi connectivity index (χ3v) is 1.67. The first-order chi connectivity index (χ1) is 6.15. The summed E-state index contributed by atoms with van der Waals surface area (Å²) in [6, 6.07) is 3.54. The summed E-state index contributed by atoms with van der Waals surface area (Å²) < 4.78 is 0. The van der Waals surface area contributed by atoms with Crippen molar-refractivity contribution in [1.82, 2.24) is 9.88 Å². The fourth-order valence-corrected chi connectivity index (χ4v) is 0.932. The van der Waals surface area contributed by atoms with Crippen LogP contribution in [0.15, 0.2) is 18.3 Å². The van der Waals surface area contributed by atoms with Crippen molar-refractivity contribution in [2.24, 2.45) is 0 Å². The standard InChI is InChI=1S/C9H13N3O/c1-10-7-4-5-11-8(6-7)9(13)12(2)3/h4-6H,1-3H3,(H,10,11). The van der Waals surface area contributed by atoms with E-state index in [1.165, 1.54) is 4.90 Å². The topological polar surface area (TPSA) is 45.2 Å². The molecule has 0 atom stereocenters. The summed E-state index contributed by atoms with van der Waals surface area (Å²) in [5, 5.41) is 2.95. The second kappa shape index (κ2) is 3.89. The summed E-state index contributed by atoms with van der Waals surface area (Å²) >= 11 is 0. The normalized spacial score (nSPS) is 9.46. The van der Waals surface area contributed by atoms with Gasteiger partial charge in [0.2, 0.25) is 0 Å². The number of hydrogen-bond donors (Lipinski definition) is 1. The molecule has 4 heteroatoms. The second-order valence-corrected chi connectivity index (χ2v) is 2.88. The van der Waals surface area contributed by atoms with Gasteiger partial charge in [0.15, 0.2) is 0 Å². The number of carbonyl (C=O) groups is 1. The van der Waals surface area contributed by atoms with Gasteiger partial charge in [-0.25, -0.2) is 0 Å². The molecule has 1 aromatic rings. The molecule has 1 N–H and O–H groups in total. The maximum atomic E-state index is 11.4. The minimum Gasteiger partial charge on any atom is -0.388 e. The predicted octanol–water partition coefficient (Wildman–Crippen LogP) is 0.825. The molecule has 0 unspecified atom stereocenters. The number of rotatable bonds is 2. The molecule has 0 radical (unpaired) electrons. The highest BCUT2D eigenvalue weighted by Crippen LogP contribution is 2.07. The van der Waals surface area contributed by atoms with E-state index in [9.17, 15) is 4.79 Å². The van der Waals surface area contributed by atoms with Gasteiger partial charge in [0.25, 0.3) is 5.91 Å². The van der Waals surface area contributed by atoms with Gasteiger partial charge < -0.3 is 10.2 Å². The molecule has 0 aliphatic heterocycles. The summed E-state index contributed by atoms with van der Waals surface area (Å²) in [5.74, 6) is -0.0860. The van der Waals surface area contributed by atoms with Crippen molar-refractivity contribution in [3.8, 4) is 0 Å². The van der Waals surface area contributed by atoms with Crippen LogP contribution in [-0.2, 0) is 0 Å². The molecule has 0 aliphatic rings. The highest BCUT2D eigenvalue weighted by molar-refractivity contribution is 5.92. The zero-order valence-electron chi connectivity index (χ0n) is 8.03. The zero-order chi connectivity index (χ0) is 9.84. The quantitative estimate of drug-likeness (QED) is 0.731. The van der Waals surface area contributed by atoms with E-state index in [4.69, 9.17) is 0 Å². The molecule has 1 heterocycles. The SMILES string of the molecule is CNc1ccnc(C(=O)N(C)C)c1. The van der Waals surface area contributed by atoms with Crippen molar-refractivity contribution in [2.75, 3.05) is 26.5 Å². The van der Waals surface area contributed by atoms with E-state index in [1.54, 1.807) is 33.4 Å². The van der Waals surface area contributed by atoms with E-state index in [0.29, 0.717) is 5.69 Å². The van der Waals surface area contributed by atoms with Gasteiger partial charge in [-0.2, -0.15) is 0 Å². The Kier molecular flexibility index (Phi) is 2.84. The molecular weight excluding hydrogens is 166 g/mol. The van der Waals surface area contributed by atoms with Crippen molar-refractivity contribution in [2.45, 2.75) is 0 Å². The van der Waals surface area contributed by atoms with Crippen molar-refractivity contribution in [3.63, 3.8) is 0 Å². The average Bonchev–Trinajstić information content (AvgIpc) is 2.16. The van der Waals surface area contributed by atoms with E-state index in [1.807, 2.05) is 6.07 Å². The number of aromatic nitrogens is 1. The van der Waals surface area contributed by atoms with Gasteiger partial charge in [-0.3, -0.25) is 9.78 Å².